The van der Waals surface area contributed by atoms with E-state index in [4.69, 9.17) is 46.4 Å². The van der Waals surface area contributed by atoms with E-state index in [1.165, 1.54) is 30.3 Å². The summed E-state index contributed by atoms with van der Waals surface area (Å²) in [4.78, 5) is 37.7. The van der Waals surface area contributed by atoms with Gasteiger partial charge >= 0.3 is 6.18 Å². The lowest BCUT2D eigenvalue weighted by Crippen LogP contribution is -2.25. The number of ketones is 1. The number of hydrogen-bond acceptors (Lipinski definition) is 5. The number of hydrogen-bond donors (Lipinski definition) is 3. The van der Waals surface area contributed by atoms with Crippen molar-refractivity contribution in [3.63, 3.8) is 0 Å². The van der Waals surface area contributed by atoms with Gasteiger partial charge in [-0.1, -0.05) is 29.3 Å². The molecule has 0 radical (unpaired) electrons. The summed E-state index contributed by atoms with van der Waals surface area (Å²) in [5.41, 5.74) is -1.12. The molecule has 0 unspecified atom stereocenters. The second-order valence-corrected chi connectivity index (χ2v) is 12.0. The molecule has 1 aliphatic carbocycles. The van der Waals surface area contributed by atoms with Gasteiger partial charge in [0.1, 0.15) is 34.9 Å². The molecule has 3 N–H and O–H groups in total. The van der Waals surface area contributed by atoms with Crippen LogP contribution in [0.5, 0.6) is 0 Å². The molecule has 0 heterocycles. The predicted octanol–water partition coefficient (Wildman–Crippen LogP) is 7.75. The molecular formula is C28H19Cl4F6N3O4. The average molecular weight is 717 g/mol. The number of nitrogens with one attached hydrogen (secondary N) is 3. The molecule has 0 aromatic heterocycles. The molecule has 4 rings (SSSR count). The first-order valence-electron chi connectivity index (χ1n) is 12.6. The van der Waals surface area contributed by atoms with E-state index in [0.717, 1.165) is 12.1 Å². The van der Waals surface area contributed by atoms with Gasteiger partial charge in [0.2, 0.25) is 0 Å². The molecule has 17 heteroatoms. The van der Waals surface area contributed by atoms with Gasteiger partial charge in [-0.15, -0.1) is 23.2 Å². The van der Waals surface area contributed by atoms with Gasteiger partial charge in [0.15, 0.2) is 11.6 Å². The van der Waals surface area contributed by atoms with Gasteiger partial charge in [-0.05, 0) is 48.0 Å². The lowest BCUT2D eigenvalue weighted by molar-refractivity contribution is -0.174. The lowest BCUT2D eigenvalue weighted by Gasteiger charge is -2.14. The Kier molecular flexibility index (Phi) is 10.5. The summed E-state index contributed by atoms with van der Waals surface area (Å²) in [6.07, 6.45) is -4.72. The van der Waals surface area contributed by atoms with Gasteiger partial charge < -0.3 is 20.7 Å². The van der Waals surface area contributed by atoms with Crippen LogP contribution in [0.2, 0.25) is 10.0 Å². The molecule has 1 saturated carbocycles. The summed E-state index contributed by atoms with van der Waals surface area (Å²) >= 11 is 24.6. The Morgan fingerprint density at radius 1 is 0.889 bits per heavy atom. The van der Waals surface area contributed by atoms with Gasteiger partial charge in [-0.2, -0.15) is 13.2 Å². The summed E-state index contributed by atoms with van der Waals surface area (Å²) < 4.78 is 82.0. The quantitative estimate of drug-likeness (QED) is 0.139. The zero-order chi connectivity index (χ0) is 33.3. The summed E-state index contributed by atoms with van der Waals surface area (Å²) in [5.74, 6) is -7.51. The Morgan fingerprint density at radius 3 is 2.24 bits per heavy atom. The van der Waals surface area contributed by atoms with Crippen molar-refractivity contribution in [2.45, 2.75) is 16.4 Å². The fourth-order valence-corrected chi connectivity index (χ4v) is 5.61. The second kappa shape index (κ2) is 13.6. The fraction of sp³-hybridized carbons (Fsp3) is 0.250. The van der Waals surface area contributed by atoms with Crippen LogP contribution in [-0.2, 0) is 14.3 Å². The van der Waals surface area contributed by atoms with Crippen LogP contribution < -0.4 is 16.0 Å². The first kappa shape index (κ1) is 34.6. The normalized spacial score (nSPS) is 17.0. The van der Waals surface area contributed by atoms with Crippen molar-refractivity contribution in [3.05, 3.63) is 87.2 Å². The minimum Gasteiger partial charge on any atom is -0.378 e. The predicted molar refractivity (Wildman–Crippen MR) is 157 cm³/mol. The second-order valence-electron chi connectivity index (χ2n) is 9.71. The number of halogens is 10. The number of amides is 2. The highest BCUT2D eigenvalue weighted by molar-refractivity contribution is 6.53. The minimum atomic E-state index is -4.72. The first-order chi connectivity index (χ1) is 21.0. The highest BCUT2D eigenvalue weighted by atomic mass is 35.5. The summed E-state index contributed by atoms with van der Waals surface area (Å²) in [7, 11) is 0. The number of carbonyl (C=O) groups is 3. The van der Waals surface area contributed by atoms with Crippen molar-refractivity contribution >= 4 is 81.1 Å². The molecule has 0 saturated heterocycles. The molecule has 3 aromatic rings. The van der Waals surface area contributed by atoms with Crippen LogP contribution in [0, 0.1) is 23.4 Å². The summed E-state index contributed by atoms with van der Waals surface area (Å²) in [6, 6.07) is 9.43. The van der Waals surface area contributed by atoms with Crippen LogP contribution in [-0.4, -0.2) is 47.9 Å². The smallest absolute Gasteiger partial charge is 0.378 e. The first-order valence-corrected chi connectivity index (χ1v) is 14.1. The SMILES string of the molecule is O=C(COCC(F)(F)F)Nc1c(F)ccc(NC(=O)c2cc(NCC(=O)[C@H]3[C@H](c4ccc(F)c(Cl)c4)C3(Cl)Cl)ccc2Cl)c1F. The Bertz CT molecular complexity index is 1660. The lowest BCUT2D eigenvalue weighted by atomic mass is 10.1. The van der Waals surface area contributed by atoms with E-state index in [9.17, 15) is 40.7 Å². The van der Waals surface area contributed by atoms with Crippen LogP contribution >= 0.6 is 46.4 Å². The van der Waals surface area contributed by atoms with Crippen molar-refractivity contribution < 1.29 is 45.5 Å². The van der Waals surface area contributed by atoms with Crippen LogP contribution in [0.15, 0.2) is 48.5 Å². The number of alkyl halides is 5. The van der Waals surface area contributed by atoms with Gasteiger partial charge in [0.25, 0.3) is 11.8 Å². The number of ether oxygens (including phenoxy) is 1. The molecule has 45 heavy (non-hydrogen) atoms. The number of carbonyl (C=O) groups excluding carboxylic acids is 3. The van der Waals surface area contributed by atoms with Gasteiger partial charge in [-0.25, -0.2) is 13.2 Å². The maximum absolute atomic E-state index is 15.0. The largest absolute Gasteiger partial charge is 0.411 e. The van der Waals surface area contributed by atoms with Crippen LogP contribution in [0.4, 0.5) is 43.4 Å². The standard InChI is InChI=1S/C28H19Cl4F6N3O4/c29-15-3-2-13(39-9-20(42)23-22(28(23,31)32)12-1-4-17(33)16(30)7-12)8-14(15)26(44)40-19-6-5-18(34)25(24(19)35)41-21(43)10-45-11-27(36,37)38/h1-8,22-23,39H,9-11H2,(H,40,44)(H,41,43)/t22-,23-/m0/s1. The third-order valence-corrected chi connectivity index (χ3v) is 8.04. The Balaban J connectivity index is 1.41. The highest BCUT2D eigenvalue weighted by Crippen LogP contribution is 2.65. The third-order valence-electron chi connectivity index (χ3n) is 6.48. The summed E-state index contributed by atoms with van der Waals surface area (Å²) in [6.45, 7) is -3.19. The molecular weight excluding hydrogens is 698 g/mol. The molecule has 1 fully saturated rings. The van der Waals surface area contributed by atoms with E-state index in [0.29, 0.717) is 11.6 Å². The van der Waals surface area contributed by atoms with E-state index in [1.807, 2.05) is 0 Å². The zero-order valence-corrected chi connectivity index (χ0v) is 25.3. The molecule has 2 atom stereocenters. The van der Waals surface area contributed by atoms with E-state index >= 15 is 0 Å². The highest BCUT2D eigenvalue weighted by Gasteiger charge is 2.67. The van der Waals surface area contributed by atoms with Crippen LogP contribution in [0.3, 0.4) is 0 Å². The molecule has 0 spiro atoms. The maximum Gasteiger partial charge on any atom is 0.411 e. The van der Waals surface area contributed by atoms with Gasteiger partial charge in [0, 0.05) is 11.6 Å². The number of Topliss-reactive ketones (excluding diaryl/α,β-unsaturated/α-hetero) is 1. The van der Waals surface area contributed by atoms with E-state index in [1.54, 1.807) is 5.32 Å². The topological polar surface area (TPSA) is 96.5 Å². The van der Waals surface area contributed by atoms with Crippen LogP contribution in [0.1, 0.15) is 21.8 Å². The van der Waals surface area contributed by atoms with Crippen molar-refractivity contribution in [2.24, 2.45) is 5.92 Å². The molecule has 240 valence electrons. The van der Waals surface area contributed by atoms with Crippen LogP contribution in [0.25, 0.3) is 0 Å². The number of rotatable bonds is 11. The van der Waals surface area contributed by atoms with Gasteiger partial charge in [0.05, 0.1) is 33.8 Å². The monoisotopic (exact) mass is 715 g/mol. The molecule has 2 amide bonds. The fourth-order valence-electron chi connectivity index (χ4n) is 4.34. The van der Waals surface area contributed by atoms with E-state index in [2.05, 4.69) is 15.4 Å². The van der Waals surface area contributed by atoms with Crippen molar-refractivity contribution in [1.29, 1.82) is 0 Å². The third kappa shape index (κ3) is 8.33. The maximum atomic E-state index is 15.0. The summed E-state index contributed by atoms with van der Waals surface area (Å²) in [5, 5.41) is 6.50. The van der Waals surface area contributed by atoms with E-state index < -0.39 is 82.0 Å². The van der Waals surface area contributed by atoms with Crippen molar-refractivity contribution in [2.75, 3.05) is 35.7 Å². The van der Waals surface area contributed by atoms with Crippen molar-refractivity contribution in [1.82, 2.24) is 0 Å². The minimum absolute atomic E-state index is 0.0850. The molecule has 0 bridgehead atoms. The molecule has 0 aliphatic heterocycles. The van der Waals surface area contributed by atoms with Gasteiger partial charge in [-0.3, -0.25) is 14.4 Å². The molecule has 1 aliphatic rings. The zero-order valence-electron chi connectivity index (χ0n) is 22.3. The average Bonchev–Trinajstić information content (AvgIpc) is 3.54. The molecule has 7 nitrogen and oxygen atoms in total. The number of benzene rings is 3. The molecule has 3 aromatic carbocycles. The van der Waals surface area contributed by atoms with E-state index in [-0.39, 0.29) is 27.8 Å². The Morgan fingerprint density at radius 2 is 1.58 bits per heavy atom. The Hall–Kier alpha value is -3.23. The number of anilines is 3. The Labute approximate surface area is 271 Å². The van der Waals surface area contributed by atoms with Crippen molar-refractivity contribution in [3.8, 4) is 0 Å².